The van der Waals surface area contributed by atoms with E-state index < -0.39 is 5.97 Å². The van der Waals surface area contributed by atoms with Gasteiger partial charge in [0.25, 0.3) is 5.56 Å². The molecule has 2 rings (SSSR count). The number of carbonyl (C=O) groups is 1. The Kier molecular flexibility index (Phi) is 5.27. The first kappa shape index (κ1) is 15.4. The van der Waals surface area contributed by atoms with Crippen LogP contribution in [-0.2, 0) is 17.9 Å². The lowest BCUT2D eigenvalue weighted by atomic mass is 10.2. The van der Waals surface area contributed by atoms with Crippen LogP contribution in [0.5, 0.6) is 0 Å². The lowest BCUT2D eigenvalue weighted by Crippen LogP contribution is -2.24. The molecule has 0 fully saturated rings. The third kappa shape index (κ3) is 4.26. The molecule has 0 radical (unpaired) electrons. The Balaban J connectivity index is 2.06. The minimum atomic E-state index is -0.542. The van der Waals surface area contributed by atoms with Crippen molar-refractivity contribution in [1.82, 2.24) is 9.78 Å². The molecule has 0 aliphatic heterocycles. The van der Waals surface area contributed by atoms with Crippen LogP contribution in [0.1, 0.15) is 29.4 Å². The van der Waals surface area contributed by atoms with Crippen LogP contribution in [0.15, 0.2) is 45.7 Å². The van der Waals surface area contributed by atoms with Gasteiger partial charge in [-0.05, 0) is 30.2 Å². The number of hydrogen-bond acceptors (Lipinski definition) is 4. The summed E-state index contributed by atoms with van der Waals surface area (Å²) in [4.78, 5) is 23.5. The summed E-state index contributed by atoms with van der Waals surface area (Å²) >= 11 is 3.36. The summed E-state index contributed by atoms with van der Waals surface area (Å²) in [5.41, 5.74) is 0.790. The van der Waals surface area contributed by atoms with Crippen molar-refractivity contribution >= 4 is 21.9 Å². The van der Waals surface area contributed by atoms with Crippen molar-refractivity contribution in [2.24, 2.45) is 0 Å². The first-order chi connectivity index (χ1) is 10.1. The van der Waals surface area contributed by atoms with E-state index in [1.165, 1.54) is 16.8 Å². The number of nitrogens with zero attached hydrogens (tertiary/aromatic N) is 2. The minimum Gasteiger partial charge on any atom is -0.456 e. The smallest absolute Gasteiger partial charge is 0.359 e. The van der Waals surface area contributed by atoms with E-state index in [0.717, 1.165) is 16.5 Å². The van der Waals surface area contributed by atoms with E-state index in [1.54, 1.807) is 0 Å². The van der Waals surface area contributed by atoms with Gasteiger partial charge in [-0.2, -0.15) is 5.10 Å². The standard InChI is InChI=1S/C15H15BrN2O3/c1-2-8-18-14(19)7-6-13(17-18)15(20)21-10-11-4-3-5-12(16)9-11/h3-7,9H,2,8,10H2,1H3. The summed E-state index contributed by atoms with van der Waals surface area (Å²) in [6.45, 7) is 2.57. The van der Waals surface area contributed by atoms with E-state index in [-0.39, 0.29) is 17.9 Å². The molecule has 0 amide bonds. The number of aromatic nitrogens is 2. The molecule has 0 bridgehead atoms. The predicted octanol–water partition coefficient (Wildman–Crippen LogP) is 2.77. The maximum Gasteiger partial charge on any atom is 0.359 e. The molecule has 21 heavy (non-hydrogen) atoms. The first-order valence-corrected chi connectivity index (χ1v) is 7.39. The molecule has 110 valence electrons. The Hall–Kier alpha value is -1.95. The highest BCUT2D eigenvalue weighted by atomic mass is 79.9. The lowest BCUT2D eigenvalue weighted by Gasteiger charge is -2.07. The van der Waals surface area contributed by atoms with Gasteiger partial charge in [-0.1, -0.05) is 35.0 Å². The van der Waals surface area contributed by atoms with Gasteiger partial charge in [-0.15, -0.1) is 0 Å². The van der Waals surface area contributed by atoms with Crippen LogP contribution in [0.3, 0.4) is 0 Å². The van der Waals surface area contributed by atoms with Gasteiger partial charge in [-0.3, -0.25) is 4.79 Å². The molecule has 0 saturated carbocycles. The largest absolute Gasteiger partial charge is 0.456 e. The molecule has 0 unspecified atom stereocenters. The summed E-state index contributed by atoms with van der Waals surface area (Å²) in [6, 6.07) is 10.2. The average Bonchev–Trinajstić information content (AvgIpc) is 2.47. The number of rotatable bonds is 5. The van der Waals surface area contributed by atoms with E-state index in [1.807, 2.05) is 31.2 Å². The van der Waals surface area contributed by atoms with Crippen LogP contribution in [0.2, 0.25) is 0 Å². The van der Waals surface area contributed by atoms with Gasteiger partial charge in [0, 0.05) is 17.1 Å². The van der Waals surface area contributed by atoms with Crippen molar-refractivity contribution in [3.05, 3.63) is 62.5 Å². The molecule has 0 saturated heterocycles. The maximum atomic E-state index is 12.0. The second kappa shape index (κ2) is 7.17. The van der Waals surface area contributed by atoms with Gasteiger partial charge in [-0.25, -0.2) is 9.48 Å². The molecular formula is C15H15BrN2O3. The van der Waals surface area contributed by atoms with Gasteiger partial charge in [0.2, 0.25) is 0 Å². The molecule has 0 aliphatic carbocycles. The van der Waals surface area contributed by atoms with E-state index in [2.05, 4.69) is 21.0 Å². The zero-order valence-electron chi connectivity index (χ0n) is 11.6. The molecule has 0 N–H and O–H groups in total. The van der Waals surface area contributed by atoms with Crippen LogP contribution >= 0.6 is 15.9 Å². The zero-order valence-corrected chi connectivity index (χ0v) is 13.2. The Morgan fingerprint density at radius 2 is 2.14 bits per heavy atom. The van der Waals surface area contributed by atoms with Gasteiger partial charge in [0.05, 0.1) is 0 Å². The van der Waals surface area contributed by atoms with Crippen molar-refractivity contribution in [2.45, 2.75) is 26.5 Å². The highest BCUT2D eigenvalue weighted by Crippen LogP contribution is 2.12. The minimum absolute atomic E-state index is 0.137. The summed E-state index contributed by atoms with van der Waals surface area (Å²) < 4.78 is 7.40. The predicted molar refractivity (Wildman–Crippen MR) is 82.0 cm³/mol. The Labute approximate surface area is 130 Å². The van der Waals surface area contributed by atoms with Crippen LogP contribution in [0.25, 0.3) is 0 Å². The van der Waals surface area contributed by atoms with Gasteiger partial charge >= 0.3 is 5.97 Å². The number of ether oxygens (including phenoxy) is 1. The van der Waals surface area contributed by atoms with Gasteiger partial charge in [0.15, 0.2) is 5.69 Å². The lowest BCUT2D eigenvalue weighted by molar-refractivity contribution is 0.0462. The fraction of sp³-hybridized carbons (Fsp3) is 0.267. The highest BCUT2D eigenvalue weighted by Gasteiger charge is 2.11. The summed E-state index contributed by atoms with van der Waals surface area (Å²) in [5, 5.41) is 4.01. The van der Waals surface area contributed by atoms with Gasteiger partial charge in [0.1, 0.15) is 6.61 Å². The third-order valence-electron chi connectivity index (χ3n) is 2.77. The van der Waals surface area contributed by atoms with Crippen LogP contribution in [0, 0.1) is 0 Å². The van der Waals surface area contributed by atoms with Crippen molar-refractivity contribution in [2.75, 3.05) is 0 Å². The Morgan fingerprint density at radius 1 is 1.33 bits per heavy atom. The zero-order chi connectivity index (χ0) is 15.2. The van der Waals surface area contributed by atoms with Crippen molar-refractivity contribution in [1.29, 1.82) is 0 Å². The maximum absolute atomic E-state index is 12.0. The first-order valence-electron chi connectivity index (χ1n) is 6.60. The fourth-order valence-electron chi connectivity index (χ4n) is 1.78. The van der Waals surface area contributed by atoms with Crippen molar-refractivity contribution in [3.8, 4) is 0 Å². The molecule has 1 heterocycles. The van der Waals surface area contributed by atoms with E-state index in [4.69, 9.17) is 4.74 Å². The number of esters is 1. The van der Waals surface area contributed by atoms with E-state index >= 15 is 0 Å². The number of hydrogen-bond donors (Lipinski definition) is 0. The van der Waals surface area contributed by atoms with E-state index in [0.29, 0.717) is 6.54 Å². The average molecular weight is 351 g/mol. The Bertz CT molecular complexity index is 697. The van der Waals surface area contributed by atoms with Crippen molar-refractivity contribution < 1.29 is 9.53 Å². The summed E-state index contributed by atoms with van der Waals surface area (Å²) in [6.07, 6.45) is 0.767. The highest BCUT2D eigenvalue weighted by molar-refractivity contribution is 9.10. The van der Waals surface area contributed by atoms with Crippen LogP contribution in [-0.4, -0.2) is 15.7 Å². The molecule has 6 heteroatoms. The SMILES string of the molecule is CCCn1nc(C(=O)OCc2cccc(Br)c2)ccc1=O. The molecule has 0 atom stereocenters. The number of aryl methyl sites for hydroxylation is 1. The third-order valence-corrected chi connectivity index (χ3v) is 3.26. The Morgan fingerprint density at radius 3 is 2.86 bits per heavy atom. The number of carbonyl (C=O) groups excluding carboxylic acids is 1. The summed E-state index contributed by atoms with van der Waals surface area (Å²) in [5.74, 6) is -0.542. The number of halogens is 1. The molecule has 1 aromatic heterocycles. The van der Waals surface area contributed by atoms with Crippen LogP contribution < -0.4 is 5.56 Å². The molecule has 1 aromatic carbocycles. The molecule has 5 nitrogen and oxygen atoms in total. The monoisotopic (exact) mass is 350 g/mol. The molecule has 2 aromatic rings. The molecule has 0 spiro atoms. The van der Waals surface area contributed by atoms with Gasteiger partial charge < -0.3 is 4.74 Å². The normalized spacial score (nSPS) is 10.4. The van der Waals surface area contributed by atoms with Crippen molar-refractivity contribution in [3.63, 3.8) is 0 Å². The van der Waals surface area contributed by atoms with Crippen LogP contribution in [0.4, 0.5) is 0 Å². The summed E-state index contributed by atoms with van der Waals surface area (Å²) in [7, 11) is 0. The second-order valence-electron chi connectivity index (χ2n) is 4.49. The second-order valence-corrected chi connectivity index (χ2v) is 5.40. The molecule has 0 aliphatic rings. The molecular weight excluding hydrogens is 336 g/mol. The van der Waals surface area contributed by atoms with E-state index in [9.17, 15) is 9.59 Å². The number of benzene rings is 1. The fourth-order valence-corrected chi connectivity index (χ4v) is 2.23. The topological polar surface area (TPSA) is 61.2 Å². The quantitative estimate of drug-likeness (QED) is 0.778.